The summed E-state index contributed by atoms with van der Waals surface area (Å²) < 4.78 is 45.0. The van der Waals surface area contributed by atoms with Crippen LogP contribution in [0.4, 0.5) is 4.39 Å². The van der Waals surface area contributed by atoms with Crippen molar-refractivity contribution in [3.63, 3.8) is 0 Å². The molecule has 1 aromatic carbocycles. The van der Waals surface area contributed by atoms with Gasteiger partial charge in [-0.1, -0.05) is 24.3 Å². The van der Waals surface area contributed by atoms with Crippen molar-refractivity contribution in [2.75, 3.05) is 13.1 Å². The van der Waals surface area contributed by atoms with Crippen LogP contribution in [0.2, 0.25) is 0 Å². The molecule has 7 heteroatoms. The van der Waals surface area contributed by atoms with Gasteiger partial charge in [-0.2, -0.15) is 4.31 Å². The Labute approximate surface area is 126 Å². The summed E-state index contributed by atoms with van der Waals surface area (Å²) in [4.78, 5) is 0. The van der Waals surface area contributed by atoms with Gasteiger partial charge in [0.2, 0.25) is 0 Å². The standard InChI is InChI=1S/C14H14FNO3S2/c15-13-5-2-1-4-11(13)10-19-12-8-16(9-12)21(17,18)14-6-3-7-20-14/h1-7,12H,8-10H2. The molecule has 0 atom stereocenters. The van der Waals surface area contributed by atoms with Crippen molar-refractivity contribution in [2.45, 2.75) is 16.9 Å². The highest BCUT2D eigenvalue weighted by atomic mass is 32.2. The third-order valence-electron chi connectivity index (χ3n) is 3.34. The van der Waals surface area contributed by atoms with Crippen LogP contribution in [-0.2, 0) is 21.4 Å². The lowest BCUT2D eigenvalue weighted by Crippen LogP contribution is -2.54. The molecule has 0 N–H and O–H groups in total. The molecule has 112 valence electrons. The molecule has 1 aromatic heterocycles. The fraction of sp³-hybridized carbons (Fsp3) is 0.286. The Morgan fingerprint density at radius 1 is 1.24 bits per heavy atom. The highest BCUT2D eigenvalue weighted by molar-refractivity contribution is 7.91. The molecule has 1 fully saturated rings. The molecule has 0 spiro atoms. The van der Waals surface area contributed by atoms with E-state index in [1.54, 1.807) is 35.7 Å². The highest BCUT2D eigenvalue weighted by Crippen LogP contribution is 2.26. The molecule has 3 rings (SSSR count). The van der Waals surface area contributed by atoms with E-state index in [-0.39, 0.29) is 18.5 Å². The topological polar surface area (TPSA) is 46.6 Å². The Kier molecular flexibility index (Phi) is 4.08. The maximum absolute atomic E-state index is 13.4. The van der Waals surface area contributed by atoms with Crippen LogP contribution in [0.1, 0.15) is 5.56 Å². The van der Waals surface area contributed by atoms with Crippen molar-refractivity contribution in [2.24, 2.45) is 0 Å². The average Bonchev–Trinajstić information content (AvgIpc) is 2.93. The van der Waals surface area contributed by atoms with Crippen molar-refractivity contribution in [3.8, 4) is 0 Å². The predicted octanol–water partition coefficient (Wildman–Crippen LogP) is 2.48. The summed E-state index contributed by atoms with van der Waals surface area (Å²) in [5.74, 6) is -0.306. The van der Waals surface area contributed by atoms with Crippen LogP contribution in [0.15, 0.2) is 46.0 Å². The van der Waals surface area contributed by atoms with Crippen LogP contribution in [0, 0.1) is 5.82 Å². The number of halogens is 1. The molecule has 1 saturated heterocycles. The second kappa shape index (κ2) is 5.84. The third-order valence-corrected chi connectivity index (χ3v) is 6.54. The summed E-state index contributed by atoms with van der Waals surface area (Å²) in [5, 5.41) is 1.73. The van der Waals surface area contributed by atoms with Gasteiger partial charge in [-0.05, 0) is 17.5 Å². The monoisotopic (exact) mass is 327 g/mol. The Bertz CT molecular complexity index is 710. The van der Waals surface area contributed by atoms with Crippen LogP contribution < -0.4 is 0 Å². The number of hydrogen-bond donors (Lipinski definition) is 0. The number of nitrogens with zero attached hydrogens (tertiary/aromatic N) is 1. The summed E-state index contributed by atoms with van der Waals surface area (Å²) in [5.41, 5.74) is 0.483. The molecule has 2 heterocycles. The Morgan fingerprint density at radius 2 is 2.00 bits per heavy atom. The van der Waals surface area contributed by atoms with Gasteiger partial charge in [0.1, 0.15) is 10.0 Å². The smallest absolute Gasteiger partial charge is 0.252 e. The lowest BCUT2D eigenvalue weighted by Gasteiger charge is -2.37. The van der Waals surface area contributed by atoms with Crippen LogP contribution >= 0.6 is 11.3 Å². The van der Waals surface area contributed by atoms with Crippen molar-refractivity contribution < 1.29 is 17.5 Å². The summed E-state index contributed by atoms with van der Waals surface area (Å²) in [6.45, 7) is 0.785. The molecule has 2 aromatic rings. The zero-order chi connectivity index (χ0) is 14.9. The van der Waals surface area contributed by atoms with E-state index >= 15 is 0 Å². The predicted molar refractivity (Wildman–Crippen MR) is 78.1 cm³/mol. The molecule has 0 bridgehead atoms. The first kappa shape index (κ1) is 14.6. The van der Waals surface area contributed by atoms with Crippen molar-refractivity contribution in [1.29, 1.82) is 0 Å². The van der Waals surface area contributed by atoms with Crippen molar-refractivity contribution in [3.05, 3.63) is 53.2 Å². The lowest BCUT2D eigenvalue weighted by molar-refractivity contribution is -0.0304. The first-order valence-corrected chi connectivity index (χ1v) is 8.78. The Balaban J connectivity index is 1.54. The zero-order valence-electron chi connectivity index (χ0n) is 11.1. The molecule has 0 aliphatic carbocycles. The summed E-state index contributed by atoms with van der Waals surface area (Å²) >= 11 is 1.20. The minimum Gasteiger partial charge on any atom is -0.371 e. The van der Waals surface area contributed by atoms with Gasteiger partial charge >= 0.3 is 0 Å². The van der Waals surface area contributed by atoms with Crippen LogP contribution in [0.25, 0.3) is 0 Å². The summed E-state index contributed by atoms with van der Waals surface area (Å²) in [7, 11) is -3.39. The molecule has 0 saturated carbocycles. The van der Waals surface area contributed by atoms with Crippen LogP contribution in [0.5, 0.6) is 0 Å². The number of ether oxygens (including phenoxy) is 1. The number of rotatable bonds is 5. The van der Waals surface area contributed by atoms with Gasteiger partial charge < -0.3 is 4.74 Å². The van der Waals surface area contributed by atoms with E-state index in [0.717, 1.165) is 0 Å². The zero-order valence-corrected chi connectivity index (χ0v) is 12.7. The third kappa shape index (κ3) is 3.01. The van der Waals surface area contributed by atoms with Gasteiger partial charge in [0.25, 0.3) is 10.0 Å². The Morgan fingerprint density at radius 3 is 2.67 bits per heavy atom. The fourth-order valence-corrected chi connectivity index (χ4v) is 4.71. The SMILES string of the molecule is O=S(=O)(c1cccs1)N1CC(OCc2ccccc2F)C1. The molecule has 0 radical (unpaired) electrons. The van der Waals surface area contributed by atoms with Crippen molar-refractivity contribution in [1.82, 2.24) is 4.31 Å². The molecular weight excluding hydrogens is 313 g/mol. The Hall–Kier alpha value is -1.28. The number of thiophene rings is 1. The van der Waals surface area contributed by atoms with E-state index in [2.05, 4.69) is 0 Å². The van der Waals surface area contributed by atoms with E-state index in [9.17, 15) is 12.8 Å². The van der Waals surface area contributed by atoms with Gasteiger partial charge in [-0.25, -0.2) is 12.8 Å². The lowest BCUT2D eigenvalue weighted by atomic mass is 10.2. The molecule has 0 amide bonds. The molecule has 1 aliphatic rings. The van der Waals surface area contributed by atoms with Gasteiger partial charge in [0.15, 0.2) is 0 Å². The quantitative estimate of drug-likeness (QED) is 0.847. The van der Waals surface area contributed by atoms with E-state index in [0.29, 0.717) is 22.9 Å². The van der Waals surface area contributed by atoms with E-state index in [1.807, 2.05) is 0 Å². The second-order valence-electron chi connectivity index (χ2n) is 4.78. The first-order valence-electron chi connectivity index (χ1n) is 6.46. The maximum Gasteiger partial charge on any atom is 0.252 e. The first-order chi connectivity index (χ1) is 10.1. The summed E-state index contributed by atoms with van der Waals surface area (Å²) in [6.07, 6.45) is -0.181. The molecular formula is C14H14FNO3S2. The van der Waals surface area contributed by atoms with Gasteiger partial charge in [-0.3, -0.25) is 0 Å². The number of benzene rings is 1. The minimum absolute atomic E-state index is 0.157. The minimum atomic E-state index is -3.39. The molecule has 4 nitrogen and oxygen atoms in total. The van der Waals surface area contributed by atoms with E-state index in [1.165, 1.54) is 21.7 Å². The molecule has 0 unspecified atom stereocenters. The van der Waals surface area contributed by atoms with Gasteiger partial charge in [0.05, 0.1) is 12.7 Å². The van der Waals surface area contributed by atoms with E-state index < -0.39 is 10.0 Å². The maximum atomic E-state index is 13.4. The molecule has 21 heavy (non-hydrogen) atoms. The largest absolute Gasteiger partial charge is 0.371 e. The van der Waals surface area contributed by atoms with Crippen LogP contribution in [0.3, 0.4) is 0 Å². The second-order valence-corrected chi connectivity index (χ2v) is 7.89. The normalized spacial score (nSPS) is 16.8. The van der Waals surface area contributed by atoms with Crippen molar-refractivity contribution >= 4 is 21.4 Å². The average molecular weight is 327 g/mol. The fourth-order valence-electron chi connectivity index (χ4n) is 2.06. The summed E-state index contributed by atoms with van der Waals surface area (Å²) in [6, 6.07) is 9.71. The van der Waals surface area contributed by atoms with Gasteiger partial charge in [0, 0.05) is 18.7 Å². The van der Waals surface area contributed by atoms with Gasteiger partial charge in [-0.15, -0.1) is 11.3 Å². The van der Waals surface area contributed by atoms with E-state index in [4.69, 9.17) is 4.74 Å². The van der Waals surface area contributed by atoms with Crippen LogP contribution in [-0.4, -0.2) is 31.9 Å². The number of sulfonamides is 1. The highest BCUT2D eigenvalue weighted by Gasteiger charge is 2.37. The number of hydrogen-bond acceptors (Lipinski definition) is 4. The molecule has 1 aliphatic heterocycles.